The molecule has 0 atom stereocenters. The van der Waals surface area contributed by atoms with E-state index in [4.69, 9.17) is 10.00 Å². The molecule has 1 aromatic heterocycles. The fourth-order valence-corrected chi connectivity index (χ4v) is 2.24. The molecule has 0 radical (unpaired) electrons. The van der Waals surface area contributed by atoms with Crippen LogP contribution in [0.15, 0.2) is 24.3 Å². The van der Waals surface area contributed by atoms with Crippen molar-refractivity contribution in [2.24, 2.45) is 0 Å². The quantitative estimate of drug-likeness (QED) is 0.761. The van der Waals surface area contributed by atoms with Crippen molar-refractivity contribution in [2.45, 2.75) is 26.2 Å². The maximum Gasteiger partial charge on any atom is 0.145 e. The predicted molar refractivity (Wildman–Crippen MR) is 85.8 cm³/mol. The molecule has 0 bridgehead atoms. The number of benzene rings is 1. The van der Waals surface area contributed by atoms with Gasteiger partial charge < -0.3 is 9.64 Å². The Morgan fingerprint density at radius 2 is 2.14 bits per heavy atom. The van der Waals surface area contributed by atoms with E-state index < -0.39 is 0 Å². The number of pyridine rings is 1. The van der Waals surface area contributed by atoms with E-state index in [9.17, 15) is 0 Å². The van der Waals surface area contributed by atoms with Crippen molar-refractivity contribution in [2.75, 3.05) is 25.6 Å². The van der Waals surface area contributed by atoms with Gasteiger partial charge in [0.1, 0.15) is 11.3 Å². The Morgan fingerprint density at radius 3 is 2.81 bits per heavy atom. The molecule has 110 valence electrons. The molecular weight excluding hydrogens is 262 g/mol. The summed E-state index contributed by atoms with van der Waals surface area (Å²) in [6.45, 7) is 2.83. The summed E-state index contributed by atoms with van der Waals surface area (Å²) in [5.74, 6) is 0.795. The first-order valence-corrected chi connectivity index (χ1v) is 7.27. The third kappa shape index (κ3) is 3.43. The average molecular weight is 283 g/mol. The first-order valence-electron chi connectivity index (χ1n) is 7.27. The summed E-state index contributed by atoms with van der Waals surface area (Å²) < 4.78 is 5.86. The standard InChI is InChI=1S/C17H21N3O/c1-4-5-11-21-16-8-6-7-14-15(20(2)3)12-13(9-10-18)19-17(14)16/h6-8,12H,4-5,9,11H2,1-3H3. The smallest absolute Gasteiger partial charge is 0.145 e. The largest absolute Gasteiger partial charge is 0.491 e. The number of hydrogen-bond acceptors (Lipinski definition) is 4. The van der Waals surface area contributed by atoms with Gasteiger partial charge in [0.05, 0.1) is 24.8 Å². The molecule has 21 heavy (non-hydrogen) atoms. The van der Waals surface area contributed by atoms with Gasteiger partial charge in [-0.3, -0.25) is 0 Å². The second-order valence-corrected chi connectivity index (χ2v) is 5.22. The van der Waals surface area contributed by atoms with Gasteiger partial charge in [0, 0.05) is 25.2 Å². The number of anilines is 1. The summed E-state index contributed by atoms with van der Waals surface area (Å²) in [5, 5.41) is 9.98. The van der Waals surface area contributed by atoms with Crippen molar-refractivity contribution < 1.29 is 4.74 Å². The molecule has 0 fully saturated rings. The lowest BCUT2D eigenvalue weighted by atomic mass is 10.1. The van der Waals surface area contributed by atoms with Crippen LogP contribution in [-0.2, 0) is 6.42 Å². The van der Waals surface area contributed by atoms with Crippen LogP contribution < -0.4 is 9.64 Å². The SMILES string of the molecule is CCCCOc1cccc2c(N(C)C)cc(CC#N)nc12. The second kappa shape index (κ2) is 6.94. The predicted octanol–water partition coefficient (Wildman–Crippen LogP) is 3.55. The number of ether oxygens (including phenoxy) is 1. The lowest BCUT2D eigenvalue weighted by molar-refractivity contribution is 0.312. The number of nitriles is 1. The topological polar surface area (TPSA) is 49.1 Å². The minimum Gasteiger partial charge on any atom is -0.491 e. The van der Waals surface area contributed by atoms with Crippen molar-refractivity contribution >= 4 is 16.6 Å². The summed E-state index contributed by atoms with van der Waals surface area (Å²) in [7, 11) is 3.99. The highest BCUT2D eigenvalue weighted by Crippen LogP contribution is 2.31. The minimum absolute atomic E-state index is 0.306. The molecule has 0 unspecified atom stereocenters. The van der Waals surface area contributed by atoms with E-state index >= 15 is 0 Å². The summed E-state index contributed by atoms with van der Waals surface area (Å²) in [4.78, 5) is 6.65. The highest BCUT2D eigenvalue weighted by atomic mass is 16.5. The molecule has 0 amide bonds. The lowest BCUT2D eigenvalue weighted by Gasteiger charge is -2.18. The molecule has 1 aromatic carbocycles. The van der Waals surface area contributed by atoms with Gasteiger partial charge in [-0.2, -0.15) is 5.26 Å². The number of aromatic nitrogens is 1. The summed E-state index contributed by atoms with van der Waals surface area (Å²) >= 11 is 0. The molecule has 4 nitrogen and oxygen atoms in total. The zero-order valence-corrected chi connectivity index (χ0v) is 12.9. The van der Waals surface area contributed by atoms with Gasteiger partial charge in [0.25, 0.3) is 0 Å². The van der Waals surface area contributed by atoms with E-state index in [1.807, 2.05) is 43.3 Å². The van der Waals surface area contributed by atoms with Crippen LogP contribution in [0.1, 0.15) is 25.5 Å². The van der Waals surface area contributed by atoms with Gasteiger partial charge in [-0.25, -0.2) is 4.98 Å². The molecule has 2 aromatic rings. The molecule has 0 aliphatic rings. The first-order chi connectivity index (χ1) is 10.2. The highest BCUT2D eigenvalue weighted by Gasteiger charge is 2.11. The van der Waals surface area contributed by atoms with Gasteiger partial charge in [-0.15, -0.1) is 0 Å². The van der Waals surface area contributed by atoms with Crippen LogP contribution in [0.2, 0.25) is 0 Å². The Labute approximate surface area is 126 Å². The number of nitrogens with zero attached hydrogens (tertiary/aromatic N) is 3. The van der Waals surface area contributed by atoms with Crippen LogP contribution in [-0.4, -0.2) is 25.7 Å². The van der Waals surface area contributed by atoms with E-state index in [1.54, 1.807) is 0 Å². The highest BCUT2D eigenvalue weighted by molar-refractivity contribution is 5.95. The summed E-state index contributed by atoms with van der Waals surface area (Å²) in [6.07, 6.45) is 2.43. The van der Waals surface area contributed by atoms with Crippen LogP contribution in [0.5, 0.6) is 5.75 Å². The van der Waals surface area contributed by atoms with Crippen molar-refractivity contribution in [1.82, 2.24) is 4.98 Å². The number of rotatable bonds is 6. The number of fused-ring (bicyclic) bond motifs is 1. The molecule has 4 heteroatoms. The van der Waals surface area contributed by atoms with Gasteiger partial charge in [-0.05, 0) is 18.6 Å². The van der Waals surface area contributed by atoms with E-state index in [0.717, 1.165) is 40.9 Å². The molecule has 0 spiro atoms. The van der Waals surface area contributed by atoms with Crippen LogP contribution in [0, 0.1) is 11.3 Å². The number of para-hydroxylation sites is 1. The van der Waals surface area contributed by atoms with E-state index in [2.05, 4.69) is 18.0 Å². The summed E-state index contributed by atoms with van der Waals surface area (Å²) in [6, 6.07) is 10.1. The average Bonchev–Trinajstić information content (AvgIpc) is 2.47. The van der Waals surface area contributed by atoms with Crippen molar-refractivity contribution in [1.29, 1.82) is 5.26 Å². The zero-order chi connectivity index (χ0) is 15.2. The molecule has 2 rings (SSSR count). The monoisotopic (exact) mass is 283 g/mol. The Kier molecular flexibility index (Phi) is 4.99. The molecule has 1 heterocycles. The third-order valence-corrected chi connectivity index (χ3v) is 3.33. The van der Waals surface area contributed by atoms with Gasteiger partial charge in [0.15, 0.2) is 0 Å². The van der Waals surface area contributed by atoms with Crippen molar-refractivity contribution in [3.8, 4) is 11.8 Å². The van der Waals surface area contributed by atoms with E-state index in [1.165, 1.54) is 0 Å². The van der Waals surface area contributed by atoms with Crippen LogP contribution >= 0.6 is 0 Å². The van der Waals surface area contributed by atoms with Crippen LogP contribution in [0.25, 0.3) is 10.9 Å². The van der Waals surface area contributed by atoms with E-state index in [0.29, 0.717) is 13.0 Å². The van der Waals surface area contributed by atoms with Crippen molar-refractivity contribution in [3.63, 3.8) is 0 Å². The maximum atomic E-state index is 8.93. The van der Waals surface area contributed by atoms with Gasteiger partial charge in [0.2, 0.25) is 0 Å². The summed E-state index contributed by atoms with van der Waals surface area (Å²) in [5.41, 5.74) is 2.68. The minimum atomic E-state index is 0.306. The lowest BCUT2D eigenvalue weighted by Crippen LogP contribution is -2.11. The molecule has 0 aliphatic heterocycles. The fourth-order valence-electron chi connectivity index (χ4n) is 2.24. The molecule has 0 saturated carbocycles. The Hall–Kier alpha value is -2.28. The number of unbranched alkanes of at least 4 members (excludes halogenated alkanes) is 1. The molecule has 0 N–H and O–H groups in total. The Bertz CT molecular complexity index is 659. The molecule has 0 aliphatic carbocycles. The van der Waals surface area contributed by atoms with Gasteiger partial charge in [-0.1, -0.05) is 25.5 Å². The number of hydrogen-bond donors (Lipinski definition) is 0. The normalized spacial score (nSPS) is 10.4. The first kappa shape index (κ1) is 15.1. The Balaban J connectivity index is 2.53. The van der Waals surface area contributed by atoms with E-state index in [-0.39, 0.29) is 0 Å². The molecular formula is C17H21N3O. The van der Waals surface area contributed by atoms with Gasteiger partial charge >= 0.3 is 0 Å². The van der Waals surface area contributed by atoms with Crippen molar-refractivity contribution in [3.05, 3.63) is 30.0 Å². The maximum absolute atomic E-state index is 8.93. The second-order valence-electron chi connectivity index (χ2n) is 5.22. The fraction of sp³-hybridized carbons (Fsp3) is 0.412. The zero-order valence-electron chi connectivity index (χ0n) is 12.9. The molecule has 0 saturated heterocycles. The van der Waals surface area contributed by atoms with Crippen LogP contribution in [0.3, 0.4) is 0 Å². The van der Waals surface area contributed by atoms with Crippen LogP contribution in [0.4, 0.5) is 5.69 Å². The third-order valence-electron chi connectivity index (χ3n) is 3.33. The Morgan fingerprint density at radius 1 is 1.33 bits per heavy atom.